The summed E-state index contributed by atoms with van der Waals surface area (Å²) in [7, 11) is 1.75. The molecule has 29 heavy (non-hydrogen) atoms. The number of likely N-dealkylation sites (N-methyl/N-ethyl adjacent to an activating group) is 1. The lowest BCUT2D eigenvalue weighted by Crippen LogP contribution is -2.40. The Morgan fingerprint density at radius 2 is 1.93 bits per heavy atom. The molecule has 0 amide bonds. The highest BCUT2D eigenvalue weighted by molar-refractivity contribution is 7.97. The molecule has 6 nitrogen and oxygen atoms in total. The van der Waals surface area contributed by atoms with Gasteiger partial charge in [-0.05, 0) is 57.0 Å². The van der Waals surface area contributed by atoms with Crippen molar-refractivity contribution in [1.29, 1.82) is 0 Å². The van der Waals surface area contributed by atoms with Crippen molar-refractivity contribution in [2.24, 2.45) is 0 Å². The Balaban J connectivity index is 1.69. The summed E-state index contributed by atoms with van der Waals surface area (Å²) in [6.45, 7) is 0.549. The maximum Gasteiger partial charge on any atom is 0.435 e. The quantitative estimate of drug-likeness (QED) is 0.513. The number of fused-ring (bicyclic) bond motifs is 1. The van der Waals surface area contributed by atoms with E-state index in [1.54, 1.807) is 19.2 Å². The maximum atomic E-state index is 13.6. The van der Waals surface area contributed by atoms with Crippen LogP contribution in [-0.4, -0.2) is 49.7 Å². The fourth-order valence-electron chi connectivity index (χ4n) is 3.97. The van der Waals surface area contributed by atoms with Crippen LogP contribution in [0.4, 0.5) is 13.2 Å². The van der Waals surface area contributed by atoms with Gasteiger partial charge in [0.1, 0.15) is 0 Å². The minimum atomic E-state index is -4.52. The number of hydrogen-bond donors (Lipinski definition) is 3. The molecule has 2 aliphatic rings. The Kier molecular flexibility index (Phi) is 5.41. The molecule has 1 unspecified atom stereocenters. The average Bonchev–Trinajstić information content (AvgIpc) is 3.35. The number of aromatic nitrogens is 2. The zero-order valence-electron chi connectivity index (χ0n) is 15.9. The Morgan fingerprint density at radius 3 is 2.52 bits per heavy atom. The SMILES string of the molecule is CNC1CCc2c(c(C(F)(F)F)nn2-c2ccc(C(O)(O)N3CCCS3)cc2)C1. The lowest BCUT2D eigenvalue weighted by Gasteiger charge is -2.30. The summed E-state index contributed by atoms with van der Waals surface area (Å²) >= 11 is 1.36. The lowest BCUT2D eigenvalue weighted by molar-refractivity contribution is -0.238. The van der Waals surface area contributed by atoms with E-state index in [1.165, 1.54) is 33.1 Å². The monoisotopic (exact) mass is 428 g/mol. The van der Waals surface area contributed by atoms with Crippen LogP contribution in [0.1, 0.15) is 35.4 Å². The van der Waals surface area contributed by atoms with Crippen LogP contribution in [0.2, 0.25) is 0 Å². The normalized spacial score (nSPS) is 20.8. The first-order chi connectivity index (χ1) is 13.7. The largest absolute Gasteiger partial charge is 0.435 e. The summed E-state index contributed by atoms with van der Waals surface area (Å²) in [5, 5.41) is 27.9. The molecule has 2 heterocycles. The van der Waals surface area contributed by atoms with E-state index in [0.717, 1.165) is 18.6 Å². The van der Waals surface area contributed by atoms with Gasteiger partial charge in [-0.2, -0.15) is 22.6 Å². The minimum Gasteiger partial charge on any atom is -0.349 e. The van der Waals surface area contributed by atoms with E-state index < -0.39 is 17.8 Å². The standard InChI is InChI=1S/C19H23F3N4O2S/c1-23-13-5-8-16-15(11-13)17(18(20,21)22)24-26(16)14-6-3-12(4-7-14)19(27,28)25-9-2-10-29-25/h3-4,6-7,13,23,27-28H,2,5,8-11H2,1H3. The Hall–Kier alpha value is -1.59. The minimum absolute atomic E-state index is 0.00835. The van der Waals surface area contributed by atoms with Gasteiger partial charge in [0.2, 0.25) is 0 Å². The van der Waals surface area contributed by atoms with Crippen molar-refractivity contribution in [2.75, 3.05) is 19.3 Å². The molecule has 1 aliphatic heterocycles. The van der Waals surface area contributed by atoms with Crippen LogP contribution < -0.4 is 5.32 Å². The molecule has 1 fully saturated rings. The molecular weight excluding hydrogens is 405 g/mol. The summed E-state index contributed by atoms with van der Waals surface area (Å²) in [6.07, 6.45) is -2.17. The number of nitrogens with zero attached hydrogens (tertiary/aromatic N) is 3. The van der Waals surface area contributed by atoms with Crippen molar-refractivity contribution < 1.29 is 23.4 Å². The maximum absolute atomic E-state index is 13.6. The van der Waals surface area contributed by atoms with Crippen LogP contribution in [0, 0.1) is 0 Å². The molecule has 4 rings (SSSR count). The van der Waals surface area contributed by atoms with E-state index >= 15 is 0 Å². The summed E-state index contributed by atoms with van der Waals surface area (Å²) in [4.78, 5) is 0. The molecule has 0 saturated carbocycles. The number of hydrogen-bond acceptors (Lipinski definition) is 6. The fraction of sp³-hybridized carbons (Fsp3) is 0.526. The van der Waals surface area contributed by atoms with Crippen molar-refractivity contribution >= 4 is 11.9 Å². The second-order valence-corrected chi connectivity index (χ2v) is 8.49. The molecule has 1 saturated heterocycles. The van der Waals surface area contributed by atoms with Crippen LogP contribution in [0.25, 0.3) is 5.69 Å². The zero-order valence-corrected chi connectivity index (χ0v) is 16.7. The second-order valence-electron chi connectivity index (χ2n) is 7.38. The molecule has 0 radical (unpaired) electrons. The molecule has 158 valence electrons. The highest BCUT2D eigenvalue weighted by atomic mass is 32.2. The van der Waals surface area contributed by atoms with Gasteiger partial charge >= 0.3 is 6.18 Å². The van der Waals surface area contributed by atoms with Gasteiger partial charge in [-0.1, -0.05) is 11.9 Å². The van der Waals surface area contributed by atoms with Gasteiger partial charge < -0.3 is 15.5 Å². The molecule has 0 spiro atoms. The highest BCUT2D eigenvalue weighted by Gasteiger charge is 2.41. The predicted molar refractivity (Wildman–Crippen MR) is 103 cm³/mol. The fourth-order valence-corrected chi connectivity index (χ4v) is 4.99. The Morgan fingerprint density at radius 1 is 1.21 bits per heavy atom. The second kappa shape index (κ2) is 7.59. The molecule has 2 aromatic rings. The summed E-state index contributed by atoms with van der Waals surface area (Å²) < 4.78 is 43.5. The van der Waals surface area contributed by atoms with Crippen molar-refractivity contribution in [2.45, 2.75) is 43.8 Å². The molecule has 1 aromatic carbocycles. The van der Waals surface area contributed by atoms with Crippen molar-refractivity contribution in [1.82, 2.24) is 19.4 Å². The molecule has 1 aromatic heterocycles. The Bertz CT molecular complexity index is 877. The third-order valence-electron chi connectivity index (χ3n) is 5.55. The van der Waals surface area contributed by atoms with Gasteiger partial charge in [0.15, 0.2) is 5.69 Å². The van der Waals surface area contributed by atoms with Gasteiger partial charge in [-0.25, -0.2) is 4.68 Å². The van der Waals surface area contributed by atoms with Gasteiger partial charge in [0, 0.05) is 35.2 Å². The van der Waals surface area contributed by atoms with Crippen molar-refractivity contribution in [3.05, 3.63) is 46.8 Å². The molecule has 1 atom stereocenters. The number of benzene rings is 1. The van der Waals surface area contributed by atoms with E-state index in [4.69, 9.17) is 0 Å². The molecule has 0 bridgehead atoms. The van der Waals surface area contributed by atoms with E-state index in [1.807, 2.05) is 0 Å². The Labute approximate surface area is 170 Å². The van der Waals surface area contributed by atoms with E-state index in [-0.39, 0.29) is 23.6 Å². The average molecular weight is 428 g/mol. The lowest BCUT2D eigenvalue weighted by atomic mass is 9.91. The van der Waals surface area contributed by atoms with Crippen LogP contribution in [0.3, 0.4) is 0 Å². The van der Waals surface area contributed by atoms with Gasteiger partial charge in [0.25, 0.3) is 5.91 Å². The molecular formula is C19H23F3N4O2S. The van der Waals surface area contributed by atoms with Crippen molar-refractivity contribution in [3.63, 3.8) is 0 Å². The highest BCUT2D eigenvalue weighted by Crippen LogP contribution is 2.38. The number of halogens is 3. The summed E-state index contributed by atoms with van der Waals surface area (Å²) in [5.74, 6) is -1.31. The number of nitrogens with one attached hydrogen (secondary N) is 1. The van der Waals surface area contributed by atoms with Gasteiger partial charge in [-0.15, -0.1) is 0 Å². The summed E-state index contributed by atoms with van der Waals surface area (Å²) in [6, 6.07) is 6.19. The first kappa shape index (κ1) is 20.7. The van der Waals surface area contributed by atoms with Crippen LogP contribution in [0.5, 0.6) is 0 Å². The zero-order chi connectivity index (χ0) is 20.8. The third kappa shape index (κ3) is 3.79. The van der Waals surface area contributed by atoms with Crippen LogP contribution >= 0.6 is 11.9 Å². The van der Waals surface area contributed by atoms with Gasteiger partial charge in [-0.3, -0.25) is 0 Å². The molecule has 10 heteroatoms. The first-order valence-corrected chi connectivity index (χ1v) is 10.5. The first-order valence-electron chi connectivity index (χ1n) is 9.53. The van der Waals surface area contributed by atoms with Gasteiger partial charge in [0.05, 0.1) is 5.69 Å². The number of aliphatic hydroxyl groups is 2. The van der Waals surface area contributed by atoms with E-state index in [9.17, 15) is 23.4 Å². The topological polar surface area (TPSA) is 73.5 Å². The molecule has 1 aliphatic carbocycles. The third-order valence-corrected chi connectivity index (χ3v) is 6.77. The smallest absolute Gasteiger partial charge is 0.349 e. The van der Waals surface area contributed by atoms with Crippen LogP contribution in [0.15, 0.2) is 24.3 Å². The molecule has 3 N–H and O–H groups in total. The number of rotatable bonds is 4. The summed E-state index contributed by atoms with van der Waals surface area (Å²) in [5.41, 5.74) is 0.685. The van der Waals surface area contributed by atoms with Crippen molar-refractivity contribution in [3.8, 4) is 5.69 Å². The van der Waals surface area contributed by atoms with Crippen LogP contribution in [-0.2, 0) is 24.9 Å². The predicted octanol–water partition coefficient (Wildman–Crippen LogP) is 2.42. The van der Waals surface area contributed by atoms with E-state index in [2.05, 4.69) is 10.4 Å². The number of alkyl halides is 3. The van der Waals surface area contributed by atoms with E-state index in [0.29, 0.717) is 24.3 Å².